The molecule has 0 atom stereocenters. The number of hydrogen-bond donors (Lipinski definition) is 1. The van der Waals surface area contributed by atoms with Crippen molar-refractivity contribution in [3.63, 3.8) is 0 Å². The first-order chi connectivity index (χ1) is 15.2. The van der Waals surface area contributed by atoms with Gasteiger partial charge in [-0.1, -0.05) is 49.7 Å². The average Bonchev–Trinajstić information content (AvgIpc) is 2.78. The van der Waals surface area contributed by atoms with Gasteiger partial charge in [-0.2, -0.15) is 13.2 Å². The fraction of sp³-hybridized carbons (Fsp3) is 0.682. The first kappa shape index (κ1) is 25.6. The van der Waals surface area contributed by atoms with Crippen molar-refractivity contribution in [1.82, 2.24) is 14.5 Å². The maximum absolute atomic E-state index is 14.5. The standard InChI is InChI=1S/C22H30ClF4N3OS/c1-2-14-32-30-12-10-29(11-13-30)21(8-4-3-5-9-21)15-28-20(31)18-16(22(25,26)27)6-7-17(23)19(18)24/h6-7H,2-5,8-15H2,1H3,(H,28,31). The van der Waals surface area contributed by atoms with Crippen molar-refractivity contribution in [3.05, 3.63) is 34.1 Å². The Morgan fingerprint density at radius 2 is 1.81 bits per heavy atom. The van der Waals surface area contributed by atoms with E-state index in [0.29, 0.717) is 6.07 Å². The van der Waals surface area contributed by atoms with E-state index in [9.17, 15) is 22.4 Å². The Morgan fingerprint density at radius 1 is 1.16 bits per heavy atom. The normalized spacial score (nSPS) is 20.3. The number of alkyl halides is 3. The van der Waals surface area contributed by atoms with E-state index < -0.39 is 34.1 Å². The Balaban J connectivity index is 1.74. The molecule has 10 heteroatoms. The fourth-order valence-corrected chi connectivity index (χ4v) is 5.69. The first-order valence-electron chi connectivity index (χ1n) is 11.1. The van der Waals surface area contributed by atoms with Gasteiger partial charge < -0.3 is 5.32 Å². The van der Waals surface area contributed by atoms with Crippen LogP contribution in [-0.2, 0) is 6.18 Å². The number of nitrogens with one attached hydrogen (secondary N) is 1. The molecule has 2 fully saturated rings. The van der Waals surface area contributed by atoms with Gasteiger partial charge in [-0.05, 0) is 31.4 Å². The minimum atomic E-state index is -4.85. The van der Waals surface area contributed by atoms with E-state index in [1.165, 1.54) is 0 Å². The van der Waals surface area contributed by atoms with Gasteiger partial charge in [0.2, 0.25) is 0 Å². The van der Waals surface area contributed by atoms with E-state index in [-0.39, 0.29) is 12.1 Å². The predicted molar refractivity (Wildman–Crippen MR) is 120 cm³/mol. The van der Waals surface area contributed by atoms with Crippen LogP contribution in [0.5, 0.6) is 0 Å². The molecule has 1 aromatic carbocycles. The maximum atomic E-state index is 14.5. The summed E-state index contributed by atoms with van der Waals surface area (Å²) in [6.07, 6.45) is 1.08. The highest BCUT2D eigenvalue weighted by Crippen LogP contribution is 2.37. The largest absolute Gasteiger partial charge is 0.417 e. The molecule has 1 saturated carbocycles. The molecule has 1 aliphatic carbocycles. The van der Waals surface area contributed by atoms with E-state index >= 15 is 0 Å². The lowest BCUT2D eigenvalue weighted by Gasteiger charge is -2.49. The zero-order valence-electron chi connectivity index (χ0n) is 18.2. The van der Waals surface area contributed by atoms with Crippen molar-refractivity contribution < 1.29 is 22.4 Å². The molecule has 4 nitrogen and oxygen atoms in total. The van der Waals surface area contributed by atoms with Crippen molar-refractivity contribution in [2.45, 2.75) is 57.2 Å². The number of rotatable bonds is 7. The summed E-state index contributed by atoms with van der Waals surface area (Å²) in [6, 6.07) is 1.49. The molecule has 1 aliphatic heterocycles. The molecule has 3 rings (SSSR count). The summed E-state index contributed by atoms with van der Waals surface area (Å²) in [5.41, 5.74) is -2.66. The summed E-state index contributed by atoms with van der Waals surface area (Å²) in [5.74, 6) is -1.33. The van der Waals surface area contributed by atoms with Gasteiger partial charge in [-0.15, -0.1) is 0 Å². The summed E-state index contributed by atoms with van der Waals surface area (Å²) in [7, 11) is 0. The number of hydrogen-bond acceptors (Lipinski definition) is 4. The second kappa shape index (κ2) is 10.9. The van der Waals surface area contributed by atoms with Crippen LogP contribution in [-0.4, -0.2) is 59.1 Å². The number of carbonyl (C=O) groups is 1. The van der Waals surface area contributed by atoms with Gasteiger partial charge in [0, 0.05) is 44.0 Å². The van der Waals surface area contributed by atoms with Crippen molar-refractivity contribution in [2.24, 2.45) is 0 Å². The van der Waals surface area contributed by atoms with Crippen LogP contribution in [0.15, 0.2) is 12.1 Å². The summed E-state index contributed by atoms with van der Waals surface area (Å²) in [4.78, 5) is 15.2. The van der Waals surface area contributed by atoms with Gasteiger partial charge in [0.05, 0.1) is 16.1 Å². The van der Waals surface area contributed by atoms with Gasteiger partial charge in [-0.3, -0.25) is 9.69 Å². The molecule has 2 aliphatic rings. The van der Waals surface area contributed by atoms with Crippen molar-refractivity contribution >= 4 is 29.5 Å². The Labute approximate surface area is 196 Å². The molecule has 0 radical (unpaired) electrons. The van der Waals surface area contributed by atoms with Gasteiger partial charge in [0.25, 0.3) is 5.91 Å². The van der Waals surface area contributed by atoms with E-state index in [4.69, 9.17) is 11.6 Å². The zero-order valence-corrected chi connectivity index (χ0v) is 19.8. The van der Waals surface area contributed by atoms with Crippen molar-refractivity contribution in [3.8, 4) is 0 Å². The third-order valence-electron chi connectivity index (χ3n) is 6.38. The molecule has 0 aromatic heterocycles. The van der Waals surface area contributed by atoms with Crippen molar-refractivity contribution in [2.75, 3.05) is 38.5 Å². The maximum Gasteiger partial charge on any atom is 0.417 e. The number of piperazine rings is 1. The van der Waals surface area contributed by atoms with Gasteiger partial charge in [0.1, 0.15) is 0 Å². The lowest BCUT2D eigenvalue weighted by molar-refractivity contribution is -0.138. The summed E-state index contributed by atoms with van der Waals surface area (Å²) in [5, 5.41) is 2.13. The summed E-state index contributed by atoms with van der Waals surface area (Å²) in [6.45, 7) is 5.83. The van der Waals surface area contributed by atoms with Crippen LogP contribution in [0.2, 0.25) is 5.02 Å². The second-order valence-electron chi connectivity index (χ2n) is 8.50. The van der Waals surface area contributed by atoms with Crippen molar-refractivity contribution in [1.29, 1.82) is 0 Å². The molecule has 0 bridgehead atoms. The zero-order chi connectivity index (χ0) is 23.4. The number of carbonyl (C=O) groups excluding carboxylic acids is 1. The summed E-state index contributed by atoms with van der Waals surface area (Å²) >= 11 is 7.53. The predicted octanol–water partition coefficient (Wildman–Crippen LogP) is 5.61. The van der Waals surface area contributed by atoms with E-state index in [1.807, 2.05) is 11.9 Å². The van der Waals surface area contributed by atoms with Crippen LogP contribution in [0, 0.1) is 5.82 Å². The number of nitrogens with zero attached hydrogens (tertiary/aromatic N) is 2. The van der Waals surface area contributed by atoms with Gasteiger partial charge >= 0.3 is 6.18 Å². The monoisotopic (exact) mass is 495 g/mol. The quantitative estimate of drug-likeness (QED) is 0.394. The lowest BCUT2D eigenvalue weighted by atomic mass is 9.79. The number of halogens is 5. The lowest BCUT2D eigenvalue weighted by Crippen LogP contribution is -2.61. The van der Waals surface area contributed by atoms with Crippen LogP contribution >= 0.6 is 23.5 Å². The Bertz CT molecular complexity index is 794. The SMILES string of the molecule is CCCSN1CCN(C2(CNC(=O)c3c(C(F)(F)F)ccc(Cl)c3F)CCCCC2)CC1. The minimum absolute atomic E-state index is 0.192. The van der Waals surface area contributed by atoms with Crippen LogP contribution < -0.4 is 5.32 Å². The Kier molecular flexibility index (Phi) is 8.74. The van der Waals surface area contributed by atoms with Crippen LogP contribution in [0.3, 0.4) is 0 Å². The average molecular weight is 496 g/mol. The molecule has 180 valence electrons. The van der Waals surface area contributed by atoms with E-state index in [0.717, 1.165) is 76.5 Å². The molecule has 1 amide bonds. The van der Waals surface area contributed by atoms with Crippen LogP contribution in [0.4, 0.5) is 17.6 Å². The minimum Gasteiger partial charge on any atom is -0.350 e. The first-order valence-corrected chi connectivity index (χ1v) is 12.5. The van der Waals surface area contributed by atoms with Crippen LogP contribution in [0.25, 0.3) is 0 Å². The molecule has 1 saturated heterocycles. The molecule has 1 N–H and O–H groups in total. The molecular weight excluding hydrogens is 466 g/mol. The highest BCUT2D eigenvalue weighted by atomic mass is 35.5. The molecule has 32 heavy (non-hydrogen) atoms. The van der Waals surface area contributed by atoms with E-state index in [2.05, 4.69) is 21.4 Å². The second-order valence-corrected chi connectivity index (χ2v) is 10.1. The van der Waals surface area contributed by atoms with Gasteiger partial charge in [0.15, 0.2) is 5.82 Å². The molecule has 1 heterocycles. The number of benzene rings is 1. The summed E-state index contributed by atoms with van der Waals surface area (Å²) < 4.78 is 57.1. The molecule has 1 aromatic rings. The molecule has 0 spiro atoms. The highest BCUT2D eigenvalue weighted by Gasteiger charge is 2.41. The smallest absolute Gasteiger partial charge is 0.350 e. The van der Waals surface area contributed by atoms with E-state index in [1.54, 1.807) is 0 Å². The topological polar surface area (TPSA) is 35.6 Å². The molecular formula is C22H30ClF4N3OS. The Morgan fingerprint density at radius 3 is 2.41 bits per heavy atom. The van der Waals surface area contributed by atoms with Crippen LogP contribution in [0.1, 0.15) is 61.4 Å². The number of amides is 1. The highest BCUT2D eigenvalue weighted by molar-refractivity contribution is 7.97. The third kappa shape index (κ3) is 5.90. The Hall–Kier alpha value is -1.03. The van der Waals surface area contributed by atoms with Gasteiger partial charge in [-0.25, -0.2) is 8.70 Å². The fourth-order valence-electron chi connectivity index (χ4n) is 4.67. The molecule has 0 unspecified atom stereocenters. The third-order valence-corrected chi connectivity index (χ3v) is 7.99.